The number of nitrogens with two attached hydrogens (primary N) is 1. The van der Waals surface area contributed by atoms with Crippen LogP contribution in [0.5, 0.6) is 0 Å². The van der Waals surface area contributed by atoms with Crippen molar-refractivity contribution >= 4 is 28.8 Å². The Morgan fingerprint density at radius 1 is 1.18 bits per heavy atom. The first-order valence-corrected chi connectivity index (χ1v) is 10.8. The number of nitrogens with one attached hydrogen (secondary N) is 2. The second-order valence-corrected chi connectivity index (χ2v) is 8.33. The van der Waals surface area contributed by atoms with Crippen LogP contribution in [0.2, 0.25) is 0 Å². The van der Waals surface area contributed by atoms with Crippen LogP contribution in [0.1, 0.15) is 55.7 Å². The zero-order valence-corrected chi connectivity index (χ0v) is 17.6. The van der Waals surface area contributed by atoms with Gasteiger partial charge in [-0.2, -0.15) is 5.10 Å². The third-order valence-corrected chi connectivity index (χ3v) is 5.76. The van der Waals surface area contributed by atoms with Crippen molar-refractivity contribution in [3.8, 4) is 11.3 Å². The largest absolute Gasteiger partial charge is 0.324 e. The second kappa shape index (κ2) is 8.47. The van der Waals surface area contributed by atoms with Gasteiger partial charge in [-0.15, -0.1) is 0 Å². The SMILES string of the molecule is C1CC1.NC(c1c(F)c(C(F)F)c(-c2cn3cc(NC=O)nc3cn2)c2cn[nH]c12)C1CC1. The monoisotopic (exact) mass is 457 g/mol. The number of benzene rings is 1. The number of aromatic nitrogens is 5. The summed E-state index contributed by atoms with van der Waals surface area (Å²) in [5, 5.41) is 9.39. The van der Waals surface area contributed by atoms with Crippen molar-refractivity contribution in [1.29, 1.82) is 0 Å². The minimum Gasteiger partial charge on any atom is -0.324 e. The van der Waals surface area contributed by atoms with Gasteiger partial charge in [0.15, 0.2) is 11.5 Å². The highest BCUT2D eigenvalue weighted by atomic mass is 19.3. The molecule has 172 valence electrons. The van der Waals surface area contributed by atoms with Crippen LogP contribution in [-0.2, 0) is 4.79 Å². The molecule has 11 heteroatoms. The van der Waals surface area contributed by atoms with Crippen LogP contribution < -0.4 is 11.1 Å². The third kappa shape index (κ3) is 4.04. The Hall–Kier alpha value is -3.47. The molecular formula is C22H22F3N7O. The number of nitrogens with zero attached hydrogens (tertiary/aromatic N) is 4. The molecule has 1 aromatic carbocycles. The van der Waals surface area contributed by atoms with Crippen LogP contribution >= 0.6 is 0 Å². The molecule has 0 spiro atoms. The summed E-state index contributed by atoms with van der Waals surface area (Å²) in [6.07, 6.45) is 9.22. The molecule has 2 fully saturated rings. The average molecular weight is 457 g/mol. The van der Waals surface area contributed by atoms with Crippen LogP contribution in [-0.4, -0.2) is 31.0 Å². The molecule has 0 saturated heterocycles. The summed E-state index contributed by atoms with van der Waals surface area (Å²) < 4.78 is 45.1. The number of alkyl halides is 2. The summed E-state index contributed by atoms with van der Waals surface area (Å²) in [6, 6.07) is -0.694. The fraction of sp³-hybridized carbons (Fsp3) is 0.364. The minimum atomic E-state index is -3.09. The molecule has 2 aliphatic carbocycles. The van der Waals surface area contributed by atoms with Gasteiger partial charge in [0.2, 0.25) is 6.41 Å². The van der Waals surface area contributed by atoms with Gasteiger partial charge < -0.3 is 15.5 Å². The van der Waals surface area contributed by atoms with Crippen LogP contribution in [0.15, 0.2) is 24.8 Å². The van der Waals surface area contributed by atoms with Crippen LogP contribution in [0, 0.1) is 11.7 Å². The smallest absolute Gasteiger partial charge is 0.267 e. The number of hydrogen-bond acceptors (Lipinski definition) is 5. The number of imidazole rings is 1. The molecule has 2 saturated carbocycles. The standard InChI is InChI=1S/C19H16F3N7O.C3H6/c20-16-14(19(21)22)13(9-3-26-28-18(9)15(16)17(23)8-1-2-8)10-5-29-6-11(25-7-30)27-12(29)4-24-10;1-2-3-1/h3-8,17,19H,1-2,23H2,(H,25,30)(H,26,28);1-3H2. The van der Waals surface area contributed by atoms with Gasteiger partial charge in [0.1, 0.15) is 5.82 Å². The number of rotatable bonds is 6. The molecule has 0 bridgehead atoms. The minimum absolute atomic E-state index is 0.0326. The van der Waals surface area contributed by atoms with Gasteiger partial charge in [-0.05, 0) is 18.8 Å². The number of fused-ring (bicyclic) bond motifs is 2. The van der Waals surface area contributed by atoms with Gasteiger partial charge in [-0.3, -0.25) is 14.9 Å². The van der Waals surface area contributed by atoms with Gasteiger partial charge in [-0.1, -0.05) is 19.3 Å². The van der Waals surface area contributed by atoms with Gasteiger partial charge in [-0.25, -0.2) is 18.2 Å². The highest BCUT2D eigenvalue weighted by Gasteiger charge is 2.36. The second-order valence-electron chi connectivity index (χ2n) is 8.33. The molecular weight excluding hydrogens is 435 g/mol. The summed E-state index contributed by atoms with van der Waals surface area (Å²) >= 11 is 0. The molecule has 8 nitrogen and oxygen atoms in total. The van der Waals surface area contributed by atoms with E-state index in [1.807, 2.05) is 0 Å². The molecule has 2 aliphatic rings. The number of H-pyrrole nitrogens is 1. The van der Waals surface area contributed by atoms with Crippen LogP contribution in [0.25, 0.3) is 27.8 Å². The predicted octanol–water partition coefficient (Wildman–Crippen LogP) is 4.50. The summed E-state index contributed by atoms with van der Waals surface area (Å²) in [4.78, 5) is 19.0. The number of anilines is 1. The lowest BCUT2D eigenvalue weighted by atomic mass is 9.91. The third-order valence-electron chi connectivity index (χ3n) is 5.76. The maximum Gasteiger partial charge on any atom is 0.267 e. The number of hydrogen-bond donors (Lipinski definition) is 3. The average Bonchev–Trinajstić information content (AvgIpc) is 3.72. The van der Waals surface area contributed by atoms with E-state index in [0.717, 1.165) is 12.8 Å². The number of carbonyl (C=O) groups is 1. The zero-order valence-electron chi connectivity index (χ0n) is 17.6. The fourth-order valence-corrected chi connectivity index (χ4v) is 3.83. The first-order chi connectivity index (χ1) is 16.0. The van der Waals surface area contributed by atoms with E-state index in [0.29, 0.717) is 23.0 Å². The summed E-state index contributed by atoms with van der Waals surface area (Å²) in [5.74, 6) is -0.707. The van der Waals surface area contributed by atoms with Crippen LogP contribution in [0.4, 0.5) is 19.0 Å². The molecule has 0 radical (unpaired) electrons. The number of aromatic amines is 1. The van der Waals surface area contributed by atoms with Gasteiger partial charge >= 0.3 is 0 Å². The first kappa shape index (κ1) is 21.4. The van der Waals surface area contributed by atoms with E-state index in [-0.39, 0.29) is 28.6 Å². The van der Waals surface area contributed by atoms with Crippen molar-refractivity contribution in [3.63, 3.8) is 0 Å². The number of amides is 1. The van der Waals surface area contributed by atoms with Crippen molar-refractivity contribution < 1.29 is 18.0 Å². The Morgan fingerprint density at radius 3 is 2.58 bits per heavy atom. The van der Waals surface area contributed by atoms with Gasteiger partial charge in [0.05, 0.1) is 35.4 Å². The van der Waals surface area contributed by atoms with E-state index in [9.17, 15) is 13.6 Å². The van der Waals surface area contributed by atoms with Crippen molar-refractivity contribution in [1.82, 2.24) is 24.6 Å². The molecule has 0 aliphatic heterocycles. The molecule has 4 aromatic rings. The van der Waals surface area contributed by atoms with Gasteiger partial charge in [0.25, 0.3) is 6.43 Å². The zero-order chi connectivity index (χ0) is 23.1. The first-order valence-electron chi connectivity index (χ1n) is 10.8. The quantitative estimate of drug-likeness (QED) is 0.369. The lowest BCUT2D eigenvalue weighted by Gasteiger charge is -2.19. The van der Waals surface area contributed by atoms with Crippen molar-refractivity contribution in [3.05, 3.63) is 41.7 Å². The normalized spacial score (nSPS) is 16.0. The molecule has 4 N–H and O–H groups in total. The molecule has 6 rings (SSSR count). The van der Waals surface area contributed by atoms with Crippen molar-refractivity contribution in [2.45, 2.75) is 44.6 Å². The van der Waals surface area contributed by atoms with Crippen molar-refractivity contribution in [2.24, 2.45) is 11.7 Å². The van der Waals surface area contributed by atoms with E-state index in [1.165, 1.54) is 48.5 Å². The van der Waals surface area contributed by atoms with E-state index < -0.39 is 23.8 Å². The molecule has 1 unspecified atom stereocenters. The van der Waals surface area contributed by atoms with E-state index in [2.05, 4.69) is 25.5 Å². The molecule has 3 aromatic heterocycles. The van der Waals surface area contributed by atoms with E-state index >= 15 is 4.39 Å². The summed E-state index contributed by atoms with van der Waals surface area (Å²) in [7, 11) is 0. The molecule has 1 amide bonds. The fourth-order valence-electron chi connectivity index (χ4n) is 3.83. The predicted molar refractivity (Wildman–Crippen MR) is 116 cm³/mol. The summed E-state index contributed by atoms with van der Waals surface area (Å²) in [5.41, 5.74) is 6.21. The van der Waals surface area contributed by atoms with Crippen LogP contribution in [0.3, 0.4) is 0 Å². The highest BCUT2D eigenvalue weighted by molar-refractivity contribution is 5.97. The number of halogens is 3. The topological polar surface area (TPSA) is 114 Å². The Morgan fingerprint density at radius 2 is 1.94 bits per heavy atom. The van der Waals surface area contributed by atoms with Gasteiger partial charge in [0, 0.05) is 28.8 Å². The molecule has 3 heterocycles. The highest BCUT2D eigenvalue weighted by Crippen LogP contribution is 2.46. The molecule has 33 heavy (non-hydrogen) atoms. The Bertz CT molecular complexity index is 1320. The lowest BCUT2D eigenvalue weighted by Crippen LogP contribution is -2.17. The van der Waals surface area contributed by atoms with Crippen molar-refractivity contribution in [2.75, 3.05) is 5.32 Å². The van der Waals surface area contributed by atoms with E-state index in [4.69, 9.17) is 5.73 Å². The van der Waals surface area contributed by atoms with E-state index in [1.54, 1.807) is 0 Å². The Labute approximate surface area is 186 Å². The Kier molecular flexibility index (Phi) is 5.49. The Balaban J connectivity index is 0.000000705. The lowest BCUT2D eigenvalue weighted by molar-refractivity contribution is -0.105. The molecule has 1 atom stereocenters. The number of carbonyl (C=O) groups excluding carboxylic acids is 1. The maximum atomic E-state index is 15.4. The maximum absolute atomic E-state index is 15.4. The summed E-state index contributed by atoms with van der Waals surface area (Å²) in [6.45, 7) is 0.